The molecule has 1 aromatic heterocycles. The molecule has 1 aromatic rings. The van der Waals surface area contributed by atoms with E-state index in [1.54, 1.807) is 13.2 Å². The largest absolute Gasteiger partial charge is 0.496 e. The highest BCUT2D eigenvalue weighted by atomic mass is 16.5. The van der Waals surface area contributed by atoms with Gasteiger partial charge >= 0.3 is 0 Å². The van der Waals surface area contributed by atoms with E-state index in [4.69, 9.17) is 4.74 Å². The molecule has 2 bridgehead atoms. The molecule has 1 fully saturated rings. The Hall–Kier alpha value is -1.29. The molecular formula is C12H16N2O2. The maximum Gasteiger partial charge on any atom is 0.254 e. The fourth-order valence-electron chi connectivity index (χ4n) is 2.90. The van der Waals surface area contributed by atoms with E-state index in [2.05, 4.69) is 5.32 Å². The molecule has 4 nitrogen and oxygen atoms in total. The Labute approximate surface area is 94.2 Å². The van der Waals surface area contributed by atoms with Gasteiger partial charge in [0.15, 0.2) is 0 Å². The molecule has 3 rings (SSSR count). The van der Waals surface area contributed by atoms with Gasteiger partial charge in [-0.25, -0.2) is 0 Å². The molecule has 0 aromatic carbocycles. The molecule has 0 amide bonds. The van der Waals surface area contributed by atoms with E-state index in [1.165, 1.54) is 6.42 Å². The molecule has 0 radical (unpaired) electrons. The number of hydrogen-bond acceptors (Lipinski definition) is 3. The van der Waals surface area contributed by atoms with Crippen molar-refractivity contribution in [2.24, 2.45) is 5.92 Å². The van der Waals surface area contributed by atoms with Crippen LogP contribution >= 0.6 is 0 Å². The summed E-state index contributed by atoms with van der Waals surface area (Å²) in [6, 6.07) is 3.59. The summed E-state index contributed by atoms with van der Waals surface area (Å²) in [5.41, 5.74) is 1.21. The second-order valence-corrected chi connectivity index (χ2v) is 4.73. The third kappa shape index (κ3) is 1.45. The highest BCUT2D eigenvalue weighted by Gasteiger charge is 2.31. The number of hydrogen-bond donors (Lipinski definition) is 1. The number of piperidine rings is 1. The average Bonchev–Trinajstić information content (AvgIpc) is 2.31. The van der Waals surface area contributed by atoms with Crippen LogP contribution in [0.1, 0.15) is 18.0 Å². The highest BCUT2D eigenvalue weighted by Crippen LogP contribution is 2.32. The van der Waals surface area contributed by atoms with Crippen LogP contribution < -0.4 is 15.6 Å². The van der Waals surface area contributed by atoms with Crippen molar-refractivity contribution in [2.75, 3.05) is 20.2 Å². The smallest absolute Gasteiger partial charge is 0.254 e. The topological polar surface area (TPSA) is 43.3 Å². The Bertz CT molecular complexity index is 467. The van der Waals surface area contributed by atoms with Crippen LogP contribution in [0.3, 0.4) is 0 Å². The number of aromatic nitrogens is 1. The zero-order valence-corrected chi connectivity index (χ0v) is 9.40. The molecule has 16 heavy (non-hydrogen) atoms. The predicted molar refractivity (Wildman–Crippen MR) is 61.0 cm³/mol. The summed E-state index contributed by atoms with van der Waals surface area (Å²) in [6.07, 6.45) is 1.19. The number of ether oxygens (including phenoxy) is 1. The maximum atomic E-state index is 11.9. The van der Waals surface area contributed by atoms with Crippen molar-refractivity contribution in [3.63, 3.8) is 0 Å². The van der Waals surface area contributed by atoms with E-state index in [9.17, 15) is 4.79 Å². The van der Waals surface area contributed by atoms with Crippen molar-refractivity contribution in [1.29, 1.82) is 0 Å². The van der Waals surface area contributed by atoms with Gasteiger partial charge in [-0.2, -0.15) is 0 Å². The first-order valence-corrected chi connectivity index (χ1v) is 5.77. The first kappa shape index (κ1) is 9.90. The van der Waals surface area contributed by atoms with Gasteiger partial charge in [0.1, 0.15) is 5.75 Å². The molecule has 0 saturated carbocycles. The number of nitrogens with zero attached hydrogens (tertiary/aromatic N) is 1. The minimum Gasteiger partial charge on any atom is -0.496 e. The molecule has 0 aliphatic carbocycles. The van der Waals surface area contributed by atoms with E-state index in [0.29, 0.717) is 17.6 Å². The van der Waals surface area contributed by atoms with E-state index in [0.717, 1.165) is 25.3 Å². The number of rotatable bonds is 1. The third-order valence-electron chi connectivity index (χ3n) is 3.67. The van der Waals surface area contributed by atoms with Gasteiger partial charge < -0.3 is 14.6 Å². The first-order chi connectivity index (χ1) is 7.78. The van der Waals surface area contributed by atoms with Crippen LogP contribution in [0.25, 0.3) is 0 Å². The van der Waals surface area contributed by atoms with Crippen molar-refractivity contribution >= 4 is 0 Å². The summed E-state index contributed by atoms with van der Waals surface area (Å²) in [4.78, 5) is 11.9. The quantitative estimate of drug-likeness (QED) is 0.752. The van der Waals surface area contributed by atoms with Gasteiger partial charge in [-0.05, 0) is 18.9 Å². The van der Waals surface area contributed by atoms with Crippen LogP contribution in [0.15, 0.2) is 16.9 Å². The lowest BCUT2D eigenvalue weighted by molar-refractivity contribution is 0.255. The Morgan fingerprint density at radius 3 is 3.12 bits per heavy atom. The second kappa shape index (κ2) is 3.63. The minimum atomic E-state index is 0.0750. The lowest BCUT2D eigenvalue weighted by Crippen LogP contribution is -2.44. The fraction of sp³-hybridized carbons (Fsp3) is 0.583. The number of fused-ring (bicyclic) bond motifs is 4. The van der Waals surface area contributed by atoms with Crippen molar-refractivity contribution < 1.29 is 4.74 Å². The molecule has 86 valence electrons. The molecule has 2 aliphatic heterocycles. The van der Waals surface area contributed by atoms with Gasteiger partial charge in [0.2, 0.25) is 0 Å². The summed E-state index contributed by atoms with van der Waals surface area (Å²) in [5, 5.41) is 3.43. The summed E-state index contributed by atoms with van der Waals surface area (Å²) in [5.74, 6) is 1.76. The summed E-state index contributed by atoms with van der Waals surface area (Å²) < 4.78 is 7.08. The van der Waals surface area contributed by atoms with Crippen LogP contribution in [0.2, 0.25) is 0 Å². The van der Waals surface area contributed by atoms with Gasteiger partial charge in [0.25, 0.3) is 5.56 Å². The van der Waals surface area contributed by atoms with Crippen molar-refractivity contribution in [2.45, 2.75) is 18.9 Å². The second-order valence-electron chi connectivity index (χ2n) is 4.73. The van der Waals surface area contributed by atoms with Crippen LogP contribution in [0.5, 0.6) is 5.75 Å². The molecule has 1 N–H and O–H groups in total. The number of methoxy groups -OCH3 is 1. The molecule has 2 unspecified atom stereocenters. The van der Waals surface area contributed by atoms with Gasteiger partial charge in [-0.1, -0.05) is 0 Å². The summed E-state index contributed by atoms with van der Waals surface area (Å²) in [7, 11) is 1.61. The Morgan fingerprint density at radius 1 is 1.44 bits per heavy atom. The van der Waals surface area contributed by atoms with Crippen molar-refractivity contribution in [3.05, 3.63) is 28.2 Å². The molecule has 0 spiro atoms. The van der Waals surface area contributed by atoms with Crippen molar-refractivity contribution in [1.82, 2.24) is 9.88 Å². The number of pyridine rings is 1. The molecule has 2 aliphatic rings. The SMILES string of the molecule is COc1cc2n(c(=O)c1)CC1CNCC2C1. The third-order valence-corrected chi connectivity index (χ3v) is 3.67. The van der Waals surface area contributed by atoms with Gasteiger partial charge in [-0.3, -0.25) is 4.79 Å². The molecule has 3 heterocycles. The maximum absolute atomic E-state index is 11.9. The fourth-order valence-corrected chi connectivity index (χ4v) is 2.90. The first-order valence-electron chi connectivity index (χ1n) is 5.77. The van der Waals surface area contributed by atoms with Crippen LogP contribution in [-0.4, -0.2) is 24.8 Å². The normalized spacial score (nSPS) is 27.3. The van der Waals surface area contributed by atoms with Crippen LogP contribution in [-0.2, 0) is 6.54 Å². The minimum absolute atomic E-state index is 0.0750. The zero-order chi connectivity index (χ0) is 11.1. The van der Waals surface area contributed by atoms with E-state index in [1.807, 2.05) is 10.6 Å². The standard InChI is InChI=1S/C12H16N2O2/c1-16-10-3-11-9-2-8(5-13-6-9)7-14(11)12(15)4-10/h3-4,8-9,13H,2,5-7H2,1H3. The number of nitrogens with one attached hydrogen (secondary N) is 1. The van der Waals surface area contributed by atoms with Crippen LogP contribution in [0.4, 0.5) is 0 Å². The van der Waals surface area contributed by atoms with E-state index >= 15 is 0 Å². The molecule has 4 heteroatoms. The highest BCUT2D eigenvalue weighted by molar-refractivity contribution is 5.28. The van der Waals surface area contributed by atoms with Gasteiger partial charge in [-0.15, -0.1) is 0 Å². The Kier molecular flexibility index (Phi) is 2.24. The summed E-state index contributed by atoms with van der Waals surface area (Å²) in [6.45, 7) is 2.86. The van der Waals surface area contributed by atoms with Crippen molar-refractivity contribution in [3.8, 4) is 5.75 Å². The lowest BCUT2D eigenvalue weighted by Gasteiger charge is -2.37. The Balaban J connectivity index is 2.13. The predicted octanol–water partition coefficient (Wildman–Crippen LogP) is 0.564. The van der Waals surface area contributed by atoms with E-state index < -0.39 is 0 Å². The van der Waals surface area contributed by atoms with E-state index in [-0.39, 0.29) is 5.56 Å². The van der Waals surface area contributed by atoms with Gasteiger partial charge in [0.05, 0.1) is 7.11 Å². The molecule has 1 saturated heterocycles. The monoisotopic (exact) mass is 220 g/mol. The Morgan fingerprint density at radius 2 is 2.31 bits per heavy atom. The molecule has 2 atom stereocenters. The molecular weight excluding hydrogens is 204 g/mol. The lowest BCUT2D eigenvalue weighted by atomic mass is 9.84. The van der Waals surface area contributed by atoms with Gasteiger partial charge in [0, 0.05) is 36.8 Å². The van der Waals surface area contributed by atoms with Crippen LogP contribution in [0, 0.1) is 5.92 Å². The zero-order valence-electron chi connectivity index (χ0n) is 9.40. The summed E-state index contributed by atoms with van der Waals surface area (Å²) >= 11 is 0. The average molecular weight is 220 g/mol.